The van der Waals surface area contributed by atoms with Crippen LogP contribution in [-0.4, -0.2) is 37.6 Å². The second-order valence-electron chi connectivity index (χ2n) is 5.28. The summed E-state index contributed by atoms with van der Waals surface area (Å²) in [4.78, 5) is 12.1. The molecule has 0 aliphatic carbocycles. The number of amides is 1. The zero-order valence-corrected chi connectivity index (χ0v) is 14.1. The number of sulfonamides is 1. The van der Waals surface area contributed by atoms with Crippen molar-refractivity contribution in [2.24, 2.45) is 0 Å². The molecule has 23 heavy (non-hydrogen) atoms. The van der Waals surface area contributed by atoms with Crippen LogP contribution in [0.4, 0.5) is 0 Å². The predicted molar refractivity (Wildman–Crippen MR) is 86.8 cm³/mol. The van der Waals surface area contributed by atoms with E-state index in [4.69, 9.17) is 0 Å². The molecule has 0 unspecified atom stereocenters. The smallest absolute Gasteiger partial charge is 0.251 e. The minimum absolute atomic E-state index is 0.101. The first-order chi connectivity index (χ1) is 10.8. The highest BCUT2D eigenvalue weighted by molar-refractivity contribution is 7.89. The lowest BCUT2D eigenvalue weighted by Crippen LogP contribution is -2.35. The topological polar surface area (TPSA) is 104 Å². The molecule has 1 heterocycles. The molecule has 0 aliphatic heterocycles. The molecule has 2 rings (SSSR count). The number of hydrogen-bond donors (Lipinski definition) is 3. The maximum Gasteiger partial charge on any atom is 0.251 e. The van der Waals surface area contributed by atoms with Crippen LogP contribution in [0.3, 0.4) is 0 Å². The number of carbonyl (C=O) groups is 1. The SMILES string of the molecule is Cc1ccc(C(=O)NCCNS(=O)(=O)c2c(C)n[nH]c2C)cc1. The Labute approximate surface area is 135 Å². The Kier molecular flexibility index (Phi) is 5.17. The number of nitrogens with one attached hydrogen (secondary N) is 3. The summed E-state index contributed by atoms with van der Waals surface area (Å²) in [6, 6.07) is 7.16. The van der Waals surface area contributed by atoms with Gasteiger partial charge in [-0.2, -0.15) is 5.10 Å². The summed E-state index contributed by atoms with van der Waals surface area (Å²) in [5.41, 5.74) is 2.51. The molecular formula is C15H20N4O3S. The first kappa shape index (κ1) is 17.2. The van der Waals surface area contributed by atoms with Gasteiger partial charge in [0.1, 0.15) is 4.90 Å². The van der Waals surface area contributed by atoms with Gasteiger partial charge in [-0.3, -0.25) is 9.89 Å². The van der Waals surface area contributed by atoms with Crippen molar-refractivity contribution in [3.63, 3.8) is 0 Å². The van der Waals surface area contributed by atoms with Gasteiger partial charge in [-0.05, 0) is 32.9 Å². The van der Waals surface area contributed by atoms with E-state index in [0.717, 1.165) is 5.56 Å². The van der Waals surface area contributed by atoms with Crippen molar-refractivity contribution < 1.29 is 13.2 Å². The Hall–Kier alpha value is -2.19. The zero-order valence-electron chi connectivity index (χ0n) is 13.3. The van der Waals surface area contributed by atoms with Crippen LogP contribution in [0, 0.1) is 20.8 Å². The average Bonchev–Trinajstić information content (AvgIpc) is 2.84. The third-order valence-corrected chi connectivity index (χ3v) is 5.07. The first-order valence-corrected chi connectivity index (χ1v) is 8.65. The summed E-state index contributed by atoms with van der Waals surface area (Å²) >= 11 is 0. The number of H-pyrrole nitrogens is 1. The Balaban J connectivity index is 1.88. The summed E-state index contributed by atoms with van der Waals surface area (Å²) in [6.45, 7) is 5.51. The third kappa shape index (κ3) is 4.17. The van der Waals surface area contributed by atoms with Crippen LogP contribution in [0.15, 0.2) is 29.2 Å². The lowest BCUT2D eigenvalue weighted by atomic mass is 10.1. The van der Waals surface area contributed by atoms with Gasteiger partial charge in [-0.15, -0.1) is 0 Å². The summed E-state index contributed by atoms with van der Waals surface area (Å²) < 4.78 is 26.9. The Morgan fingerprint density at radius 2 is 1.78 bits per heavy atom. The second kappa shape index (κ2) is 6.93. The maximum absolute atomic E-state index is 12.2. The largest absolute Gasteiger partial charge is 0.351 e. The molecule has 0 radical (unpaired) electrons. The summed E-state index contributed by atoms with van der Waals surface area (Å²) in [5.74, 6) is -0.236. The standard InChI is InChI=1S/C15H20N4O3S/c1-10-4-6-13(7-5-10)15(20)16-8-9-17-23(21,22)14-11(2)18-19-12(14)3/h4-7,17H,8-9H2,1-3H3,(H,16,20)(H,18,19). The van der Waals surface area contributed by atoms with Crippen molar-refractivity contribution in [1.82, 2.24) is 20.2 Å². The van der Waals surface area contributed by atoms with E-state index in [0.29, 0.717) is 17.0 Å². The van der Waals surface area contributed by atoms with Gasteiger partial charge in [-0.1, -0.05) is 17.7 Å². The average molecular weight is 336 g/mol. The highest BCUT2D eigenvalue weighted by Gasteiger charge is 2.21. The molecular weight excluding hydrogens is 316 g/mol. The number of aromatic nitrogens is 2. The summed E-state index contributed by atoms with van der Waals surface area (Å²) in [5, 5.41) is 9.19. The van der Waals surface area contributed by atoms with Crippen LogP contribution in [0.25, 0.3) is 0 Å². The van der Waals surface area contributed by atoms with Gasteiger partial charge in [0, 0.05) is 18.7 Å². The Bertz CT molecular complexity index is 775. The molecule has 7 nitrogen and oxygen atoms in total. The number of hydrogen-bond acceptors (Lipinski definition) is 4. The van der Waals surface area contributed by atoms with Crippen LogP contribution < -0.4 is 10.0 Å². The molecule has 124 valence electrons. The van der Waals surface area contributed by atoms with E-state index in [9.17, 15) is 13.2 Å². The van der Waals surface area contributed by atoms with Crippen LogP contribution in [0.1, 0.15) is 27.3 Å². The van der Waals surface area contributed by atoms with Crippen LogP contribution in [0.5, 0.6) is 0 Å². The van der Waals surface area contributed by atoms with Crippen molar-refractivity contribution in [3.05, 3.63) is 46.8 Å². The lowest BCUT2D eigenvalue weighted by molar-refractivity contribution is 0.0954. The molecule has 2 aromatic rings. The van der Waals surface area contributed by atoms with Crippen LogP contribution in [-0.2, 0) is 10.0 Å². The summed E-state index contributed by atoms with van der Waals surface area (Å²) in [6.07, 6.45) is 0. The van der Waals surface area contributed by atoms with E-state index in [1.807, 2.05) is 19.1 Å². The molecule has 3 N–H and O–H groups in total. The van der Waals surface area contributed by atoms with Crippen molar-refractivity contribution in [2.75, 3.05) is 13.1 Å². The molecule has 0 bridgehead atoms. The predicted octanol–water partition coefficient (Wildman–Crippen LogP) is 1.04. The van der Waals surface area contributed by atoms with Crippen molar-refractivity contribution in [1.29, 1.82) is 0 Å². The van der Waals surface area contributed by atoms with E-state index in [2.05, 4.69) is 20.2 Å². The van der Waals surface area contributed by atoms with Gasteiger partial charge >= 0.3 is 0 Å². The molecule has 8 heteroatoms. The van der Waals surface area contributed by atoms with Gasteiger partial charge in [-0.25, -0.2) is 13.1 Å². The fourth-order valence-electron chi connectivity index (χ4n) is 2.18. The molecule has 0 fully saturated rings. The van der Waals surface area contributed by atoms with Crippen LogP contribution in [0.2, 0.25) is 0 Å². The van der Waals surface area contributed by atoms with Gasteiger partial charge in [0.25, 0.3) is 5.91 Å². The van der Waals surface area contributed by atoms with E-state index < -0.39 is 10.0 Å². The minimum atomic E-state index is -3.64. The third-order valence-electron chi connectivity index (χ3n) is 3.35. The molecule has 1 aromatic heterocycles. The quantitative estimate of drug-likeness (QED) is 0.686. The molecule has 1 amide bonds. The highest BCUT2D eigenvalue weighted by atomic mass is 32.2. The number of carbonyl (C=O) groups excluding carboxylic acids is 1. The molecule has 0 saturated heterocycles. The number of aromatic amines is 1. The molecule has 1 aromatic carbocycles. The van der Waals surface area contributed by atoms with Gasteiger partial charge in [0.05, 0.1) is 11.4 Å². The monoisotopic (exact) mass is 336 g/mol. The normalized spacial score (nSPS) is 11.4. The van der Waals surface area contributed by atoms with Gasteiger partial charge in [0.15, 0.2) is 0 Å². The molecule has 0 spiro atoms. The van der Waals surface area contributed by atoms with E-state index >= 15 is 0 Å². The van der Waals surface area contributed by atoms with Gasteiger partial charge < -0.3 is 5.32 Å². The van der Waals surface area contributed by atoms with Crippen molar-refractivity contribution >= 4 is 15.9 Å². The summed E-state index contributed by atoms with van der Waals surface area (Å²) in [7, 11) is -3.64. The van der Waals surface area contributed by atoms with E-state index in [1.165, 1.54) is 0 Å². The number of rotatable bonds is 6. The number of nitrogens with zero attached hydrogens (tertiary/aromatic N) is 1. The van der Waals surface area contributed by atoms with Crippen molar-refractivity contribution in [3.8, 4) is 0 Å². The second-order valence-corrected chi connectivity index (χ2v) is 6.99. The first-order valence-electron chi connectivity index (χ1n) is 7.17. The highest BCUT2D eigenvalue weighted by Crippen LogP contribution is 2.15. The molecule has 0 atom stereocenters. The number of benzene rings is 1. The van der Waals surface area contributed by atoms with Gasteiger partial charge in [0.2, 0.25) is 10.0 Å². The molecule has 0 saturated carbocycles. The Morgan fingerprint density at radius 3 is 2.35 bits per heavy atom. The Morgan fingerprint density at radius 1 is 1.13 bits per heavy atom. The zero-order chi connectivity index (χ0) is 17.0. The maximum atomic E-state index is 12.2. The van der Waals surface area contributed by atoms with E-state index in [-0.39, 0.29) is 23.9 Å². The fourth-order valence-corrected chi connectivity index (χ4v) is 3.58. The fraction of sp³-hybridized carbons (Fsp3) is 0.333. The van der Waals surface area contributed by atoms with E-state index in [1.54, 1.807) is 26.0 Å². The minimum Gasteiger partial charge on any atom is -0.351 e. The lowest BCUT2D eigenvalue weighted by Gasteiger charge is -2.08. The van der Waals surface area contributed by atoms with Crippen molar-refractivity contribution in [2.45, 2.75) is 25.7 Å². The number of aryl methyl sites for hydroxylation is 3. The van der Waals surface area contributed by atoms with Crippen LogP contribution >= 0.6 is 0 Å². The molecule has 0 aliphatic rings.